The highest BCUT2D eigenvalue weighted by Gasteiger charge is 2.52. The topological polar surface area (TPSA) is 87.1 Å². The summed E-state index contributed by atoms with van der Waals surface area (Å²) in [6, 6.07) is 10.3. The number of ketones is 1. The number of nitrogens with zero attached hydrogens (tertiary/aromatic N) is 1. The van der Waals surface area contributed by atoms with Crippen LogP contribution in [0.3, 0.4) is 0 Å². The standard InChI is InChI=1S/C30H41NO5S/c1-5-31(6-2)36-27(33)16-10-8-7-9-14-24-25(29(35)30(3,4)28(24)34)18-17-22(32)20-23-19-21-13-11-12-15-26(21)37-23/h7,9,11-13,15,17-19,22,24-25,29,32,35H,5-6,8,10,14,16,20H2,1-4H3/t22?,24-,25-,29+/m1/s1. The molecule has 1 heterocycles. The fourth-order valence-electron chi connectivity index (χ4n) is 4.94. The summed E-state index contributed by atoms with van der Waals surface area (Å²) >= 11 is 1.67. The van der Waals surface area contributed by atoms with E-state index in [0.29, 0.717) is 45.2 Å². The molecule has 0 aliphatic heterocycles. The van der Waals surface area contributed by atoms with E-state index >= 15 is 0 Å². The van der Waals surface area contributed by atoms with Gasteiger partial charge < -0.3 is 15.1 Å². The zero-order valence-electron chi connectivity index (χ0n) is 22.4. The molecule has 6 nitrogen and oxygen atoms in total. The van der Waals surface area contributed by atoms with Gasteiger partial charge in [0.2, 0.25) is 0 Å². The molecular weight excluding hydrogens is 486 g/mol. The van der Waals surface area contributed by atoms with Gasteiger partial charge in [-0.3, -0.25) is 9.59 Å². The molecule has 2 N–H and O–H groups in total. The Balaban J connectivity index is 1.54. The lowest BCUT2D eigenvalue weighted by molar-refractivity contribution is -0.188. The minimum Gasteiger partial charge on any atom is -0.391 e. The van der Waals surface area contributed by atoms with Crippen LogP contribution in [0.1, 0.15) is 58.3 Å². The molecule has 37 heavy (non-hydrogen) atoms. The van der Waals surface area contributed by atoms with E-state index in [1.165, 1.54) is 10.1 Å². The predicted molar refractivity (Wildman–Crippen MR) is 149 cm³/mol. The Labute approximate surface area is 224 Å². The number of unbranched alkanes of at least 4 members (excludes halogenated alkanes) is 1. The van der Waals surface area contributed by atoms with Gasteiger partial charge >= 0.3 is 5.97 Å². The van der Waals surface area contributed by atoms with Crippen LogP contribution in [0, 0.1) is 17.3 Å². The summed E-state index contributed by atoms with van der Waals surface area (Å²) < 4.78 is 1.19. The molecule has 0 radical (unpaired) electrons. The minimum atomic E-state index is -0.835. The molecule has 1 unspecified atom stereocenters. The number of aliphatic hydroxyl groups excluding tert-OH is 2. The lowest BCUT2D eigenvalue weighted by Gasteiger charge is -2.22. The molecule has 1 fully saturated rings. The van der Waals surface area contributed by atoms with Crippen molar-refractivity contribution in [1.82, 2.24) is 5.06 Å². The molecule has 0 spiro atoms. The zero-order chi connectivity index (χ0) is 27.0. The number of Topliss-reactive ketones (excluding diaryl/α,β-unsaturated/α-hetero) is 1. The van der Waals surface area contributed by atoms with E-state index in [9.17, 15) is 19.8 Å². The van der Waals surface area contributed by atoms with E-state index in [0.717, 1.165) is 4.88 Å². The normalized spacial score (nSPS) is 22.6. The molecule has 1 aliphatic rings. The molecule has 0 amide bonds. The van der Waals surface area contributed by atoms with Crippen LogP contribution in [0.15, 0.2) is 54.6 Å². The number of aliphatic hydroxyl groups is 2. The molecule has 0 bridgehead atoms. The van der Waals surface area contributed by atoms with Gasteiger partial charge in [-0.05, 0) is 50.6 Å². The van der Waals surface area contributed by atoms with Crippen LogP contribution in [0.5, 0.6) is 0 Å². The van der Waals surface area contributed by atoms with E-state index in [1.807, 2.05) is 44.2 Å². The van der Waals surface area contributed by atoms with E-state index < -0.39 is 17.6 Å². The number of rotatable bonds is 13. The van der Waals surface area contributed by atoms with E-state index in [2.05, 4.69) is 18.2 Å². The third-order valence-corrected chi connectivity index (χ3v) is 8.37. The molecule has 3 rings (SSSR count). The monoisotopic (exact) mass is 527 g/mol. The first-order chi connectivity index (χ1) is 17.7. The second-order valence-corrected chi connectivity index (χ2v) is 11.5. The lowest BCUT2D eigenvalue weighted by Crippen LogP contribution is -2.31. The number of carbonyl (C=O) groups excluding carboxylic acids is 2. The number of allylic oxidation sites excluding steroid dienone is 2. The molecule has 4 atom stereocenters. The first kappa shape index (κ1) is 29.2. The van der Waals surface area contributed by atoms with Gasteiger partial charge in [0.1, 0.15) is 5.78 Å². The van der Waals surface area contributed by atoms with Gasteiger partial charge in [0.15, 0.2) is 0 Å². The lowest BCUT2D eigenvalue weighted by atomic mass is 9.86. The van der Waals surface area contributed by atoms with Crippen molar-refractivity contribution in [3.8, 4) is 0 Å². The van der Waals surface area contributed by atoms with Crippen molar-refractivity contribution < 1.29 is 24.6 Å². The third kappa shape index (κ3) is 7.60. The van der Waals surface area contributed by atoms with Crippen LogP contribution in [-0.4, -0.2) is 52.3 Å². The van der Waals surface area contributed by atoms with Gasteiger partial charge in [-0.15, -0.1) is 16.4 Å². The van der Waals surface area contributed by atoms with Gasteiger partial charge in [-0.1, -0.05) is 56.4 Å². The van der Waals surface area contributed by atoms with Crippen LogP contribution >= 0.6 is 11.3 Å². The van der Waals surface area contributed by atoms with E-state index in [-0.39, 0.29) is 23.6 Å². The number of hydroxylamine groups is 2. The van der Waals surface area contributed by atoms with Crippen molar-refractivity contribution in [1.29, 1.82) is 0 Å². The fraction of sp³-hybridized carbons (Fsp3) is 0.533. The Kier molecular flexibility index (Phi) is 10.6. The summed E-state index contributed by atoms with van der Waals surface area (Å²) in [6.07, 6.45) is 8.79. The first-order valence-electron chi connectivity index (χ1n) is 13.3. The summed E-state index contributed by atoms with van der Waals surface area (Å²) in [5.74, 6) is -0.886. The SMILES string of the molecule is CCN(CC)OC(=O)CCCC=CC[C@H]1C(=O)C(C)(C)[C@@H](O)[C@@H]1C=CC(O)Cc1cc2ccccc2s1. The highest BCUT2D eigenvalue weighted by atomic mass is 32.1. The van der Waals surface area contributed by atoms with Crippen molar-refractivity contribution in [2.45, 2.75) is 72.0 Å². The average molecular weight is 528 g/mol. The van der Waals surface area contributed by atoms with E-state index in [4.69, 9.17) is 4.84 Å². The third-order valence-electron chi connectivity index (χ3n) is 7.23. The molecule has 7 heteroatoms. The Hall–Kier alpha value is -2.32. The van der Waals surface area contributed by atoms with Crippen LogP contribution in [0.25, 0.3) is 10.1 Å². The highest BCUT2D eigenvalue weighted by Crippen LogP contribution is 2.44. The second-order valence-electron chi connectivity index (χ2n) is 10.3. The highest BCUT2D eigenvalue weighted by molar-refractivity contribution is 7.19. The Morgan fingerprint density at radius 2 is 1.95 bits per heavy atom. The maximum absolute atomic E-state index is 13.1. The molecule has 1 aromatic heterocycles. The van der Waals surface area contributed by atoms with Crippen LogP contribution in [0.4, 0.5) is 0 Å². The summed E-state index contributed by atoms with van der Waals surface area (Å²) in [5.41, 5.74) is -0.835. The number of carbonyl (C=O) groups is 2. The molecule has 0 saturated heterocycles. The van der Waals surface area contributed by atoms with Crippen molar-refractivity contribution in [2.75, 3.05) is 13.1 Å². The summed E-state index contributed by atoms with van der Waals surface area (Å²) in [6.45, 7) is 8.79. The maximum Gasteiger partial charge on any atom is 0.325 e. The second kappa shape index (κ2) is 13.5. The van der Waals surface area contributed by atoms with Crippen molar-refractivity contribution in [3.63, 3.8) is 0 Å². The van der Waals surface area contributed by atoms with Gasteiger partial charge in [0.25, 0.3) is 0 Å². The smallest absolute Gasteiger partial charge is 0.325 e. The first-order valence-corrected chi connectivity index (χ1v) is 14.2. The molecule has 1 aliphatic carbocycles. The van der Waals surface area contributed by atoms with Crippen LogP contribution in [-0.2, 0) is 20.8 Å². The number of thiophene rings is 1. The van der Waals surface area contributed by atoms with Crippen molar-refractivity contribution >= 4 is 33.2 Å². The summed E-state index contributed by atoms with van der Waals surface area (Å²) in [7, 11) is 0. The molecule has 1 saturated carbocycles. The van der Waals surface area contributed by atoms with Crippen LogP contribution < -0.4 is 0 Å². The number of hydrogen-bond donors (Lipinski definition) is 2. The minimum absolute atomic E-state index is 0.0427. The Morgan fingerprint density at radius 1 is 1.22 bits per heavy atom. The Morgan fingerprint density at radius 3 is 2.65 bits per heavy atom. The quantitative estimate of drug-likeness (QED) is 0.204. The Bertz CT molecular complexity index is 1070. The predicted octanol–water partition coefficient (Wildman–Crippen LogP) is 5.48. The zero-order valence-corrected chi connectivity index (χ0v) is 23.2. The van der Waals surface area contributed by atoms with Crippen LogP contribution in [0.2, 0.25) is 0 Å². The summed E-state index contributed by atoms with van der Waals surface area (Å²) in [4.78, 5) is 31.4. The molecule has 2 aromatic rings. The van der Waals surface area contributed by atoms with Crippen molar-refractivity contribution in [3.05, 3.63) is 59.5 Å². The van der Waals surface area contributed by atoms with Gasteiger partial charge in [-0.2, -0.15) is 0 Å². The molecular formula is C30H41NO5S. The number of benzene rings is 1. The summed E-state index contributed by atoms with van der Waals surface area (Å²) in [5, 5.41) is 24.4. The molecule has 202 valence electrons. The van der Waals surface area contributed by atoms with E-state index in [1.54, 1.807) is 36.3 Å². The fourth-order valence-corrected chi connectivity index (χ4v) is 6.05. The number of hydrogen-bond acceptors (Lipinski definition) is 7. The molecule has 1 aromatic carbocycles. The van der Waals surface area contributed by atoms with Crippen molar-refractivity contribution in [2.24, 2.45) is 17.3 Å². The van der Waals surface area contributed by atoms with Gasteiger partial charge in [-0.25, -0.2) is 0 Å². The number of fused-ring (bicyclic) bond motifs is 1. The average Bonchev–Trinajstić information content (AvgIpc) is 3.35. The maximum atomic E-state index is 13.1. The largest absolute Gasteiger partial charge is 0.391 e. The van der Waals surface area contributed by atoms with Gasteiger partial charge in [0.05, 0.1) is 17.6 Å². The van der Waals surface area contributed by atoms with Gasteiger partial charge in [0, 0.05) is 47.3 Å².